The zero-order valence-corrected chi connectivity index (χ0v) is 15.4. The maximum Gasteiger partial charge on any atom is 0.193 e. The molecule has 0 saturated carbocycles. The van der Waals surface area contributed by atoms with Crippen molar-refractivity contribution in [2.45, 2.75) is 83.7 Å². The van der Waals surface area contributed by atoms with Crippen molar-refractivity contribution in [3.63, 3.8) is 0 Å². The lowest BCUT2D eigenvalue weighted by Crippen LogP contribution is -2.57. The van der Waals surface area contributed by atoms with Gasteiger partial charge in [0.25, 0.3) is 0 Å². The van der Waals surface area contributed by atoms with Gasteiger partial charge in [0.15, 0.2) is 5.78 Å². The van der Waals surface area contributed by atoms with Crippen LogP contribution in [0.25, 0.3) is 0 Å². The lowest BCUT2D eigenvalue weighted by molar-refractivity contribution is -0.131. The van der Waals surface area contributed by atoms with E-state index in [4.69, 9.17) is 4.74 Å². The Labute approximate surface area is 144 Å². The highest BCUT2D eigenvalue weighted by Crippen LogP contribution is 2.54. The fraction of sp³-hybridized carbons (Fsp3) is 0.750. The summed E-state index contributed by atoms with van der Waals surface area (Å²) in [5.74, 6) is -0.299. The van der Waals surface area contributed by atoms with Crippen molar-refractivity contribution in [1.82, 2.24) is 0 Å². The van der Waals surface area contributed by atoms with Gasteiger partial charge in [0.1, 0.15) is 11.7 Å². The second-order valence-electron chi connectivity index (χ2n) is 8.61. The van der Waals surface area contributed by atoms with Crippen LogP contribution in [-0.2, 0) is 9.53 Å². The van der Waals surface area contributed by atoms with Gasteiger partial charge < -0.3 is 14.9 Å². The summed E-state index contributed by atoms with van der Waals surface area (Å²) < 4.78 is 5.73. The molecule has 3 rings (SSSR count). The van der Waals surface area contributed by atoms with E-state index in [1.807, 2.05) is 20.8 Å². The van der Waals surface area contributed by atoms with Crippen molar-refractivity contribution in [1.29, 1.82) is 0 Å². The molecule has 4 nitrogen and oxygen atoms in total. The van der Waals surface area contributed by atoms with Gasteiger partial charge in [0.05, 0.1) is 11.7 Å². The van der Waals surface area contributed by atoms with Gasteiger partial charge in [0.2, 0.25) is 0 Å². The Morgan fingerprint density at radius 1 is 1.25 bits per heavy atom. The van der Waals surface area contributed by atoms with Crippen LogP contribution in [0, 0.1) is 11.3 Å². The Balaban J connectivity index is 2.08. The third-order valence-corrected chi connectivity index (χ3v) is 7.05. The number of aliphatic hydroxyl groups is 2. The minimum atomic E-state index is -1.28. The molecule has 0 unspecified atom stereocenters. The number of fused-ring (bicyclic) bond motifs is 3. The lowest BCUT2D eigenvalue weighted by Gasteiger charge is -2.52. The molecule has 0 aromatic carbocycles. The van der Waals surface area contributed by atoms with Crippen LogP contribution in [0.2, 0.25) is 0 Å². The number of allylic oxidation sites excluding steroid dienone is 2. The highest BCUT2D eigenvalue weighted by molar-refractivity contribution is 6.03. The van der Waals surface area contributed by atoms with E-state index >= 15 is 0 Å². The number of ether oxygens (including phenoxy) is 1. The van der Waals surface area contributed by atoms with Gasteiger partial charge in [-0.25, -0.2) is 0 Å². The predicted octanol–water partition coefficient (Wildman–Crippen LogP) is 2.93. The topological polar surface area (TPSA) is 70.1 Å². The number of Topliss-reactive ketones (excluding diaryl/α,β-unsaturated/α-hetero) is 1. The molecule has 0 aromatic heterocycles. The third kappa shape index (κ3) is 2.51. The average molecular weight is 334 g/mol. The second-order valence-corrected chi connectivity index (χ2v) is 8.61. The number of aliphatic hydroxyl groups excluding tert-OH is 1. The van der Waals surface area contributed by atoms with Crippen LogP contribution in [0.3, 0.4) is 0 Å². The van der Waals surface area contributed by atoms with E-state index in [1.165, 1.54) is 5.57 Å². The van der Waals surface area contributed by atoms with E-state index in [2.05, 4.69) is 13.0 Å². The summed E-state index contributed by atoms with van der Waals surface area (Å²) in [5, 5.41) is 21.9. The van der Waals surface area contributed by atoms with Crippen LogP contribution in [0.5, 0.6) is 0 Å². The quantitative estimate of drug-likeness (QED) is 0.528. The number of carbonyl (C=O) groups is 1. The van der Waals surface area contributed by atoms with Gasteiger partial charge in [-0.05, 0) is 58.4 Å². The normalized spacial score (nSPS) is 51.5. The maximum absolute atomic E-state index is 13.0. The number of epoxide rings is 1. The molecule has 0 spiro atoms. The molecule has 1 heterocycles. The van der Waals surface area contributed by atoms with Crippen LogP contribution in [0.1, 0.15) is 60.3 Å². The fourth-order valence-corrected chi connectivity index (χ4v) is 4.46. The summed E-state index contributed by atoms with van der Waals surface area (Å²) in [6, 6.07) is 0. The largest absolute Gasteiger partial charge is 0.389 e. The summed E-state index contributed by atoms with van der Waals surface area (Å²) in [6.45, 7) is 9.75. The first-order valence-corrected chi connectivity index (χ1v) is 9.03. The standard InChI is InChI=1S/C20H30O4/c1-12-7-6-9-19(4)17(24-19)16(22)14-11-15(21)13(2)18(3,10-8-12)20(14,5)23/h7,11,13,15,17,21,23H,6,8-10H2,1-5H3/b12-7+/t13-,15+,17-,18-,19-,20+/m1/s1. The third-order valence-electron chi connectivity index (χ3n) is 7.05. The minimum Gasteiger partial charge on any atom is -0.389 e. The van der Waals surface area contributed by atoms with Gasteiger partial charge in [-0.2, -0.15) is 0 Å². The summed E-state index contributed by atoms with van der Waals surface area (Å²) >= 11 is 0. The monoisotopic (exact) mass is 334 g/mol. The molecule has 1 aliphatic heterocycles. The zero-order chi connectivity index (χ0) is 17.9. The molecule has 134 valence electrons. The first-order chi connectivity index (χ1) is 11.0. The molecule has 0 radical (unpaired) electrons. The molecule has 2 bridgehead atoms. The summed E-state index contributed by atoms with van der Waals surface area (Å²) in [7, 11) is 0. The molecular formula is C20H30O4. The van der Waals surface area contributed by atoms with Crippen LogP contribution in [0.15, 0.2) is 23.3 Å². The van der Waals surface area contributed by atoms with Crippen molar-refractivity contribution in [2.75, 3.05) is 0 Å². The molecule has 0 amide bonds. The van der Waals surface area contributed by atoms with E-state index in [0.717, 1.165) is 25.7 Å². The van der Waals surface area contributed by atoms with Gasteiger partial charge in [-0.3, -0.25) is 4.79 Å². The van der Waals surface area contributed by atoms with Crippen LogP contribution in [-0.4, -0.2) is 39.4 Å². The Morgan fingerprint density at radius 2 is 1.92 bits per heavy atom. The van der Waals surface area contributed by atoms with Gasteiger partial charge in [-0.1, -0.05) is 25.5 Å². The number of carbonyl (C=O) groups excluding carboxylic acids is 1. The molecule has 6 atom stereocenters. The van der Waals surface area contributed by atoms with Crippen molar-refractivity contribution in [3.8, 4) is 0 Å². The Bertz CT molecular complexity index is 617. The van der Waals surface area contributed by atoms with Crippen molar-refractivity contribution in [3.05, 3.63) is 23.3 Å². The van der Waals surface area contributed by atoms with Crippen molar-refractivity contribution >= 4 is 5.78 Å². The molecule has 2 N–H and O–H groups in total. The van der Waals surface area contributed by atoms with Crippen LogP contribution >= 0.6 is 0 Å². The highest BCUT2D eigenvalue weighted by Gasteiger charge is 2.62. The number of hydrogen-bond donors (Lipinski definition) is 2. The maximum atomic E-state index is 13.0. The Hall–Kier alpha value is -0.970. The number of rotatable bonds is 0. The molecule has 1 saturated heterocycles. The SMILES string of the molecule is C/C1=C\CC[C@@]2(C)O[C@@H]2C(=O)C2=C[C@H](O)[C@@H](C)[C@@](C)(CC1)[C@@]2(C)O. The molecule has 1 fully saturated rings. The van der Waals surface area contributed by atoms with E-state index in [1.54, 1.807) is 13.0 Å². The smallest absolute Gasteiger partial charge is 0.193 e. The zero-order valence-electron chi connectivity index (χ0n) is 15.4. The van der Waals surface area contributed by atoms with Crippen LogP contribution < -0.4 is 0 Å². The first-order valence-electron chi connectivity index (χ1n) is 9.03. The number of ketones is 1. The summed E-state index contributed by atoms with van der Waals surface area (Å²) in [6.07, 6.45) is 5.82. The summed E-state index contributed by atoms with van der Waals surface area (Å²) in [5.41, 5.74) is -0.695. The van der Waals surface area contributed by atoms with Gasteiger partial charge in [0, 0.05) is 11.0 Å². The fourth-order valence-electron chi connectivity index (χ4n) is 4.46. The molecule has 2 aliphatic carbocycles. The molecule has 3 aliphatic rings. The van der Waals surface area contributed by atoms with Gasteiger partial charge in [-0.15, -0.1) is 0 Å². The van der Waals surface area contributed by atoms with E-state index < -0.39 is 28.8 Å². The van der Waals surface area contributed by atoms with Crippen molar-refractivity contribution in [2.24, 2.45) is 11.3 Å². The Kier molecular flexibility index (Phi) is 4.10. The molecule has 24 heavy (non-hydrogen) atoms. The lowest BCUT2D eigenvalue weighted by atomic mass is 9.55. The molecule has 4 heteroatoms. The molecule has 0 aromatic rings. The van der Waals surface area contributed by atoms with Crippen molar-refractivity contribution < 1.29 is 19.7 Å². The van der Waals surface area contributed by atoms with E-state index in [0.29, 0.717) is 5.57 Å². The average Bonchev–Trinajstić information content (AvgIpc) is 3.18. The van der Waals surface area contributed by atoms with E-state index in [9.17, 15) is 15.0 Å². The molecular weight excluding hydrogens is 304 g/mol. The Morgan fingerprint density at radius 3 is 2.58 bits per heavy atom. The van der Waals surface area contributed by atoms with Gasteiger partial charge >= 0.3 is 0 Å². The van der Waals surface area contributed by atoms with E-state index in [-0.39, 0.29) is 11.7 Å². The number of hydrogen-bond acceptors (Lipinski definition) is 4. The van der Waals surface area contributed by atoms with Crippen LogP contribution in [0.4, 0.5) is 0 Å². The highest BCUT2D eigenvalue weighted by atomic mass is 16.6. The first kappa shape index (κ1) is 17.8. The predicted molar refractivity (Wildman–Crippen MR) is 92.5 cm³/mol. The minimum absolute atomic E-state index is 0.133. The summed E-state index contributed by atoms with van der Waals surface area (Å²) in [4.78, 5) is 13.0. The second kappa shape index (κ2) is 5.52.